The van der Waals surface area contributed by atoms with Gasteiger partial charge >= 0.3 is 6.18 Å². The Morgan fingerprint density at radius 1 is 0.913 bits per heavy atom. The van der Waals surface area contributed by atoms with Crippen molar-refractivity contribution in [2.75, 3.05) is 13.1 Å². The van der Waals surface area contributed by atoms with E-state index in [1.54, 1.807) is 4.90 Å². The second kappa shape index (κ2) is 6.07. The molecule has 0 unspecified atom stereocenters. The summed E-state index contributed by atoms with van der Waals surface area (Å²) in [7, 11) is 0. The largest absolute Gasteiger partial charge is 0.416 e. The molecule has 0 bridgehead atoms. The molecule has 3 rings (SSSR count). The number of carbonyl (C=O) groups is 1. The minimum atomic E-state index is -4.44. The highest BCUT2D eigenvalue weighted by molar-refractivity contribution is 5.94. The van der Waals surface area contributed by atoms with Crippen LogP contribution >= 0.6 is 0 Å². The van der Waals surface area contributed by atoms with Crippen molar-refractivity contribution in [3.8, 4) is 0 Å². The van der Waals surface area contributed by atoms with Gasteiger partial charge in [-0.2, -0.15) is 13.2 Å². The molecular formula is C18H16F3NO. The highest BCUT2D eigenvalue weighted by Crippen LogP contribution is 2.30. The quantitative estimate of drug-likeness (QED) is 0.779. The van der Waals surface area contributed by atoms with E-state index in [0.29, 0.717) is 13.1 Å². The lowest BCUT2D eigenvalue weighted by atomic mass is 10.0. The van der Waals surface area contributed by atoms with E-state index in [2.05, 4.69) is 0 Å². The maximum atomic E-state index is 12.8. The number of amides is 1. The molecule has 120 valence electrons. The van der Waals surface area contributed by atoms with Crippen molar-refractivity contribution in [1.82, 2.24) is 4.90 Å². The molecule has 1 amide bonds. The molecule has 23 heavy (non-hydrogen) atoms. The van der Waals surface area contributed by atoms with Gasteiger partial charge in [-0.05, 0) is 42.2 Å². The number of hydrogen-bond acceptors (Lipinski definition) is 1. The van der Waals surface area contributed by atoms with Crippen molar-refractivity contribution < 1.29 is 18.0 Å². The first-order chi connectivity index (χ1) is 10.9. The maximum absolute atomic E-state index is 12.8. The van der Waals surface area contributed by atoms with Crippen molar-refractivity contribution in [1.29, 1.82) is 0 Å². The van der Waals surface area contributed by atoms with Crippen molar-refractivity contribution in [2.24, 2.45) is 0 Å². The number of nitrogens with zero attached hydrogens (tertiary/aromatic N) is 1. The number of carbonyl (C=O) groups excluding carboxylic acids is 1. The fourth-order valence-corrected chi connectivity index (χ4v) is 2.88. The number of alkyl halides is 3. The molecule has 0 aromatic heterocycles. The van der Waals surface area contributed by atoms with Crippen LogP contribution in [0.4, 0.5) is 13.2 Å². The molecule has 0 radical (unpaired) electrons. The van der Waals surface area contributed by atoms with Crippen LogP contribution < -0.4 is 0 Å². The topological polar surface area (TPSA) is 20.3 Å². The van der Waals surface area contributed by atoms with Gasteiger partial charge in [0, 0.05) is 18.7 Å². The zero-order chi connectivity index (χ0) is 16.4. The normalized spacial score (nSPS) is 15.0. The summed E-state index contributed by atoms with van der Waals surface area (Å²) >= 11 is 0. The van der Waals surface area contributed by atoms with Crippen LogP contribution in [0.1, 0.15) is 27.0 Å². The molecule has 0 saturated heterocycles. The van der Waals surface area contributed by atoms with E-state index in [4.69, 9.17) is 0 Å². The van der Waals surface area contributed by atoms with Gasteiger partial charge in [0.2, 0.25) is 0 Å². The van der Waals surface area contributed by atoms with Crippen molar-refractivity contribution in [3.63, 3.8) is 0 Å². The van der Waals surface area contributed by atoms with Crippen molar-refractivity contribution >= 4 is 5.91 Å². The predicted molar refractivity (Wildman–Crippen MR) is 81.2 cm³/mol. The molecule has 0 spiro atoms. The van der Waals surface area contributed by atoms with E-state index in [1.807, 2.05) is 24.3 Å². The van der Waals surface area contributed by atoms with Crippen LogP contribution in [0.3, 0.4) is 0 Å². The fourth-order valence-electron chi connectivity index (χ4n) is 2.88. The molecule has 1 aliphatic heterocycles. The Hall–Kier alpha value is -2.30. The van der Waals surface area contributed by atoms with Crippen LogP contribution in [0.5, 0.6) is 0 Å². The van der Waals surface area contributed by atoms with E-state index in [-0.39, 0.29) is 11.5 Å². The van der Waals surface area contributed by atoms with E-state index in [1.165, 1.54) is 23.3 Å². The van der Waals surface area contributed by atoms with Crippen molar-refractivity contribution in [3.05, 3.63) is 70.8 Å². The first-order valence-electron chi connectivity index (χ1n) is 7.48. The summed E-state index contributed by atoms with van der Waals surface area (Å²) < 4.78 is 38.4. The predicted octanol–water partition coefficient (Wildman–Crippen LogP) is 3.95. The minimum absolute atomic E-state index is 0.0887. The first kappa shape index (κ1) is 15.6. The standard InChI is InChI=1S/C18H16F3NO/c19-18(20,21)16-7-3-6-15(12-16)17(23)22-10-8-13-4-1-2-5-14(13)9-11-22/h1-7,12H,8-11H2. The third-order valence-electron chi connectivity index (χ3n) is 4.14. The lowest BCUT2D eigenvalue weighted by molar-refractivity contribution is -0.137. The van der Waals surface area contributed by atoms with Crippen LogP contribution in [-0.2, 0) is 19.0 Å². The molecule has 2 aromatic carbocycles. The average Bonchev–Trinajstić information content (AvgIpc) is 2.76. The van der Waals surface area contributed by atoms with Gasteiger partial charge in [-0.1, -0.05) is 30.3 Å². The van der Waals surface area contributed by atoms with Crippen LogP contribution in [-0.4, -0.2) is 23.9 Å². The van der Waals surface area contributed by atoms with Gasteiger partial charge in [0.1, 0.15) is 0 Å². The van der Waals surface area contributed by atoms with Crippen LogP contribution in [0.2, 0.25) is 0 Å². The third kappa shape index (κ3) is 3.38. The number of rotatable bonds is 1. The Balaban J connectivity index is 1.79. The van der Waals surface area contributed by atoms with Crippen LogP contribution in [0.15, 0.2) is 48.5 Å². The third-order valence-corrected chi connectivity index (χ3v) is 4.14. The highest BCUT2D eigenvalue weighted by atomic mass is 19.4. The molecule has 0 aliphatic carbocycles. The summed E-state index contributed by atoms with van der Waals surface area (Å²) in [5, 5.41) is 0. The summed E-state index contributed by atoms with van der Waals surface area (Å²) in [4.78, 5) is 14.2. The number of hydrogen-bond donors (Lipinski definition) is 0. The number of fused-ring (bicyclic) bond motifs is 1. The summed E-state index contributed by atoms with van der Waals surface area (Å²) in [5.74, 6) is -0.344. The van der Waals surface area contributed by atoms with Crippen molar-refractivity contribution in [2.45, 2.75) is 19.0 Å². The summed E-state index contributed by atoms with van der Waals surface area (Å²) in [6.45, 7) is 1.04. The SMILES string of the molecule is O=C(c1cccc(C(F)(F)F)c1)N1CCc2ccccc2CC1. The molecule has 5 heteroatoms. The van der Waals surface area contributed by atoms with E-state index >= 15 is 0 Å². The number of benzene rings is 2. The summed E-state index contributed by atoms with van der Waals surface area (Å²) in [5.41, 5.74) is 1.70. The van der Waals surface area contributed by atoms with Crippen LogP contribution in [0, 0.1) is 0 Å². The van der Waals surface area contributed by atoms with Gasteiger partial charge in [-0.15, -0.1) is 0 Å². The van der Waals surface area contributed by atoms with Gasteiger partial charge in [0.05, 0.1) is 5.56 Å². The first-order valence-corrected chi connectivity index (χ1v) is 7.48. The Kier molecular flexibility index (Phi) is 4.11. The number of halogens is 3. The van der Waals surface area contributed by atoms with Gasteiger partial charge in [0.25, 0.3) is 5.91 Å². The monoisotopic (exact) mass is 319 g/mol. The molecule has 0 atom stereocenters. The lowest BCUT2D eigenvalue weighted by Gasteiger charge is -2.20. The Morgan fingerprint density at radius 3 is 2.09 bits per heavy atom. The maximum Gasteiger partial charge on any atom is 0.416 e. The molecule has 1 heterocycles. The summed E-state index contributed by atoms with van der Waals surface area (Å²) in [6.07, 6.45) is -2.99. The van der Waals surface area contributed by atoms with Gasteiger partial charge < -0.3 is 4.90 Å². The van der Waals surface area contributed by atoms with E-state index in [0.717, 1.165) is 25.0 Å². The molecule has 0 N–H and O–H groups in total. The molecule has 1 aliphatic rings. The van der Waals surface area contributed by atoms with Gasteiger partial charge in [-0.3, -0.25) is 4.79 Å². The Labute approximate surface area is 132 Å². The summed E-state index contributed by atoms with van der Waals surface area (Å²) in [6, 6.07) is 12.6. The fraction of sp³-hybridized carbons (Fsp3) is 0.278. The highest BCUT2D eigenvalue weighted by Gasteiger charge is 2.31. The van der Waals surface area contributed by atoms with Gasteiger partial charge in [-0.25, -0.2) is 0 Å². The molecule has 0 fully saturated rings. The minimum Gasteiger partial charge on any atom is -0.338 e. The van der Waals surface area contributed by atoms with E-state index < -0.39 is 11.7 Å². The second-order valence-electron chi connectivity index (χ2n) is 5.64. The molecular weight excluding hydrogens is 303 g/mol. The van der Waals surface area contributed by atoms with E-state index in [9.17, 15) is 18.0 Å². The smallest absolute Gasteiger partial charge is 0.338 e. The zero-order valence-electron chi connectivity index (χ0n) is 12.4. The molecule has 0 saturated carbocycles. The Morgan fingerprint density at radius 2 is 1.52 bits per heavy atom. The molecule has 2 aromatic rings. The lowest BCUT2D eigenvalue weighted by Crippen LogP contribution is -2.33. The second-order valence-corrected chi connectivity index (χ2v) is 5.64. The average molecular weight is 319 g/mol. The van der Waals surface area contributed by atoms with Gasteiger partial charge in [0.15, 0.2) is 0 Å². The molecule has 2 nitrogen and oxygen atoms in total. The van der Waals surface area contributed by atoms with Crippen LogP contribution in [0.25, 0.3) is 0 Å². The Bertz CT molecular complexity index is 697. The zero-order valence-corrected chi connectivity index (χ0v) is 12.4.